The van der Waals surface area contributed by atoms with E-state index in [1.807, 2.05) is 25.1 Å². The Morgan fingerprint density at radius 2 is 1.65 bits per heavy atom. The van der Waals surface area contributed by atoms with Gasteiger partial charge in [0.25, 0.3) is 0 Å². The van der Waals surface area contributed by atoms with Crippen LogP contribution < -0.4 is 10.0 Å². The molecule has 1 atom stereocenters. The molecule has 2 N–H and O–H groups in total. The summed E-state index contributed by atoms with van der Waals surface area (Å²) in [6, 6.07) is 11.9. The maximum atomic E-state index is 12.6. The summed E-state index contributed by atoms with van der Waals surface area (Å²) < 4.78 is 27.4. The average Bonchev–Trinajstić information content (AvgIpc) is 3.37. The topological polar surface area (TPSA) is 75.3 Å². The SMILES string of the molecule is CC(CCCc1ccccc1)CS(=O)(=O)NC(=O)Nc1c2c(cc3c1CCC3)CCC2. The summed E-state index contributed by atoms with van der Waals surface area (Å²) in [7, 11) is -3.69. The van der Waals surface area contributed by atoms with E-state index in [0.29, 0.717) is 0 Å². The van der Waals surface area contributed by atoms with Crippen molar-refractivity contribution in [3.05, 3.63) is 64.2 Å². The maximum absolute atomic E-state index is 12.6. The number of anilines is 1. The lowest BCUT2D eigenvalue weighted by molar-refractivity contribution is 0.256. The highest BCUT2D eigenvalue weighted by Crippen LogP contribution is 2.38. The number of carbonyl (C=O) groups is 1. The van der Waals surface area contributed by atoms with E-state index in [9.17, 15) is 13.2 Å². The monoisotopic (exact) mass is 440 g/mol. The van der Waals surface area contributed by atoms with Gasteiger partial charge in [0.2, 0.25) is 10.0 Å². The molecule has 1 unspecified atom stereocenters. The van der Waals surface area contributed by atoms with Gasteiger partial charge in [-0.05, 0) is 91.5 Å². The minimum Gasteiger partial charge on any atom is -0.307 e. The Balaban J connectivity index is 1.32. The van der Waals surface area contributed by atoms with E-state index in [4.69, 9.17) is 0 Å². The molecule has 0 aromatic heterocycles. The normalized spacial score (nSPS) is 15.9. The molecule has 0 radical (unpaired) electrons. The summed E-state index contributed by atoms with van der Waals surface area (Å²) in [5, 5.41) is 2.91. The number of benzene rings is 2. The highest BCUT2D eigenvalue weighted by Gasteiger charge is 2.26. The maximum Gasteiger partial charge on any atom is 0.332 e. The van der Waals surface area contributed by atoms with E-state index in [2.05, 4.69) is 28.2 Å². The standard InChI is InChI=1S/C25H32N2O3S/c1-18(8-5-11-19-9-3-2-4-10-19)17-31(29,30)27-25(28)26-24-22-14-6-12-20(22)16-21-13-7-15-23(21)24/h2-4,9-10,16,18H,5-8,11-15,17H2,1H3,(H2,26,27,28). The van der Waals surface area contributed by atoms with E-state index in [1.54, 1.807) is 0 Å². The predicted octanol–water partition coefficient (Wildman–Crippen LogP) is 4.77. The summed E-state index contributed by atoms with van der Waals surface area (Å²) in [4.78, 5) is 12.6. The number of hydrogen-bond acceptors (Lipinski definition) is 3. The van der Waals surface area contributed by atoms with Crippen LogP contribution in [-0.4, -0.2) is 20.2 Å². The molecule has 0 saturated carbocycles. The highest BCUT2D eigenvalue weighted by molar-refractivity contribution is 7.90. The quantitative estimate of drug-likeness (QED) is 0.621. The number of amides is 2. The molecule has 5 nitrogen and oxygen atoms in total. The lowest BCUT2D eigenvalue weighted by Gasteiger charge is -2.17. The number of urea groups is 1. The van der Waals surface area contributed by atoms with Crippen molar-refractivity contribution >= 4 is 21.7 Å². The number of hydrogen-bond donors (Lipinski definition) is 2. The van der Waals surface area contributed by atoms with Gasteiger partial charge in [-0.2, -0.15) is 0 Å². The first kappa shape index (κ1) is 21.9. The van der Waals surface area contributed by atoms with Crippen molar-refractivity contribution < 1.29 is 13.2 Å². The van der Waals surface area contributed by atoms with Crippen molar-refractivity contribution in [1.29, 1.82) is 0 Å². The molecule has 6 heteroatoms. The summed E-state index contributed by atoms with van der Waals surface area (Å²) in [6.07, 6.45) is 8.82. The summed E-state index contributed by atoms with van der Waals surface area (Å²) in [6.45, 7) is 1.93. The molecular weight excluding hydrogens is 408 g/mol. The predicted molar refractivity (Wildman–Crippen MR) is 125 cm³/mol. The van der Waals surface area contributed by atoms with E-state index in [0.717, 1.165) is 63.5 Å². The summed E-state index contributed by atoms with van der Waals surface area (Å²) in [5.74, 6) is -0.0561. The molecule has 0 bridgehead atoms. The molecule has 166 valence electrons. The van der Waals surface area contributed by atoms with Crippen LogP contribution in [0.3, 0.4) is 0 Å². The molecule has 2 aliphatic carbocycles. The van der Waals surface area contributed by atoms with Crippen LogP contribution in [0, 0.1) is 5.92 Å². The van der Waals surface area contributed by atoms with Gasteiger partial charge >= 0.3 is 6.03 Å². The van der Waals surface area contributed by atoms with Gasteiger partial charge in [0.05, 0.1) is 5.75 Å². The Labute approximate surface area is 185 Å². The minimum atomic E-state index is -3.69. The molecule has 0 saturated heterocycles. The second-order valence-corrected chi connectivity index (χ2v) is 10.8. The van der Waals surface area contributed by atoms with Crippen LogP contribution in [0.4, 0.5) is 10.5 Å². The smallest absolute Gasteiger partial charge is 0.307 e. The molecule has 0 aliphatic heterocycles. The van der Waals surface area contributed by atoms with Crippen molar-refractivity contribution in [3.8, 4) is 0 Å². The number of fused-ring (bicyclic) bond motifs is 2. The molecule has 2 aromatic rings. The first-order valence-electron chi connectivity index (χ1n) is 11.4. The Kier molecular flexibility index (Phi) is 6.65. The van der Waals surface area contributed by atoms with Crippen molar-refractivity contribution in [2.45, 2.75) is 64.7 Å². The van der Waals surface area contributed by atoms with Gasteiger partial charge in [0.15, 0.2) is 0 Å². The summed E-state index contributed by atoms with van der Waals surface area (Å²) >= 11 is 0. The van der Waals surface area contributed by atoms with Gasteiger partial charge in [-0.3, -0.25) is 0 Å². The van der Waals surface area contributed by atoms with Crippen molar-refractivity contribution in [2.24, 2.45) is 5.92 Å². The Morgan fingerprint density at radius 3 is 2.29 bits per heavy atom. The van der Waals surface area contributed by atoms with Crippen molar-refractivity contribution in [1.82, 2.24) is 4.72 Å². The zero-order valence-corrected chi connectivity index (χ0v) is 19.1. The lowest BCUT2D eigenvalue weighted by Crippen LogP contribution is -2.37. The molecule has 0 spiro atoms. The van der Waals surface area contributed by atoms with Crippen molar-refractivity contribution in [3.63, 3.8) is 0 Å². The number of sulfonamides is 1. The molecule has 0 heterocycles. The fourth-order valence-electron chi connectivity index (χ4n) is 5.05. The van der Waals surface area contributed by atoms with Crippen LogP contribution in [0.2, 0.25) is 0 Å². The number of carbonyl (C=O) groups excluding carboxylic acids is 1. The Bertz CT molecular complexity index is 1020. The van der Waals surface area contributed by atoms with E-state index >= 15 is 0 Å². The third-order valence-electron chi connectivity index (χ3n) is 6.47. The van der Waals surface area contributed by atoms with Crippen LogP contribution in [-0.2, 0) is 42.1 Å². The molecule has 4 rings (SSSR count). The molecule has 0 fully saturated rings. The van der Waals surface area contributed by atoms with Gasteiger partial charge in [-0.25, -0.2) is 17.9 Å². The third kappa shape index (κ3) is 5.48. The Morgan fingerprint density at radius 1 is 1.00 bits per heavy atom. The van der Waals surface area contributed by atoms with Crippen molar-refractivity contribution in [2.75, 3.05) is 11.1 Å². The van der Waals surface area contributed by atoms with Crippen LogP contribution in [0.5, 0.6) is 0 Å². The zero-order valence-electron chi connectivity index (χ0n) is 18.2. The second kappa shape index (κ2) is 9.43. The molecule has 2 aliphatic rings. The zero-order chi connectivity index (χ0) is 21.8. The van der Waals surface area contributed by atoms with Crippen LogP contribution in [0.1, 0.15) is 60.4 Å². The minimum absolute atomic E-state index is 0.0146. The van der Waals surface area contributed by atoms with Gasteiger partial charge in [0.1, 0.15) is 0 Å². The fraction of sp³-hybridized carbons (Fsp3) is 0.480. The first-order valence-corrected chi connectivity index (χ1v) is 13.1. The molecular formula is C25H32N2O3S. The average molecular weight is 441 g/mol. The Hall–Kier alpha value is -2.34. The largest absolute Gasteiger partial charge is 0.332 e. The van der Waals surface area contributed by atoms with Gasteiger partial charge in [-0.15, -0.1) is 0 Å². The fourth-order valence-corrected chi connectivity index (χ4v) is 6.38. The number of nitrogens with one attached hydrogen (secondary N) is 2. The molecule has 2 amide bonds. The van der Waals surface area contributed by atoms with Crippen LogP contribution >= 0.6 is 0 Å². The second-order valence-electron chi connectivity index (χ2n) is 9.05. The third-order valence-corrected chi connectivity index (χ3v) is 7.97. The number of aryl methyl sites for hydroxylation is 3. The van der Waals surface area contributed by atoms with E-state index < -0.39 is 16.1 Å². The van der Waals surface area contributed by atoms with Gasteiger partial charge < -0.3 is 5.32 Å². The van der Waals surface area contributed by atoms with Crippen LogP contribution in [0.25, 0.3) is 0 Å². The summed E-state index contributed by atoms with van der Waals surface area (Å²) in [5.41, 5.74) is 7.14. The van der Waals surface area contributed by atoms with Gasteiger partial charge in [0, 0.05) is 5.69 Å². The molecule has 31 heavy (non-hydrogen) atoms. The van der Waals surface area contributed by atoms with E-state index in [-0.39, 0.29) is 11.7 Å². The molecule has 2 aromatic carbocycles. The lowest BCUT2D eigenvalue weighted by atomic mass is 9.99. The highest BCUT2D eigenvalue weighted by atomic mass is 32.2. The first-order chi connectivity index (χ1) is 14.9. The van der Waals surface area contributed by atoms with Crippen LogP contribution in [0.15, 0.2) is 36.4 Å². The number of rotatable bonds is 8. The van der Waals surface area contributed by atoms with E-state index in [1.165, 1.54) is 27.8 Å². The van der Waals surface area contributed by atoms with Gasteiger partial charge in [-0.1, -0.05) is 43.3 Å².